The van der Waals surface area contributed by atoms with E-state index in [0.717, 1.165) is 0 Å². The molecule has 12 heteroatoms. The molecule has 0 aliphatic carbocycles. The van der Waals surface area contributed by atoms with Gasteiger partial charge in [-0.2, -0.15) is 0 Å². The summed E-state index contributed by atoms with van der Waals surface area (Å²) in [5.74, 6) is -0.590. The van der Waals surface area contributed by atoms with Gasteiger partial charge < -0.3 is 20.6 Å². The molecule has 1 aromatic carbocycles. The molecule has 0 radical (unpaired) electrons. The van der Waals surface area contributed by atoms with E-state index in [4.69, 9.17) is 17.3 Å². The average Bonchev–Trinajstić information content (AvgIpc) is 3.45. The molecule has 5 aromatic rings. The van der Waals surface area contributed by atoms with Gasteiger partial charge in [0.15, 0.2) is 11.5 Å². The minimum Gasteiger partial charge on any atom is -0.506 e. The fraction of sp³-hybridized carbons (Fsp3) is 0.120. The topological polar surface area (TPSA) is 144 Å². The molecule has 1 aliphatic rings. The van der Waals surface area contributed by atoms with Crippen molar-refractivity contribution in [1.82, 2.24) is 29.3 Å². The summed E-state index contributed by atoms with van der Waals surface area (Å²) < 4.78 is 16.1. The average molecular weight is 517 g/mol. The van der Waals surface area contributed by atoms with E-state index in [1.54, 1.807) is 48.1 Å². The number of carbonyl (C=O) groups excluding carboxylic acids is 1. The van der Waals surface area contributed by atoms with Crippen molar-refractivity contribution in [1.29, 1.82) is 0 Å². The van der Waals surface area contributed by atoms with Gasteiger partial charge in [0, 0.05) is 37.3 Å². The predicted molar refractivity (Wildman–Crippen MR) is 134 cm³/mol. The SMILES string of the molecule is CC1(c2cc(O)c(Cl)cn2)C(=O)Nc2nc(-c3cn4ccnc4c(Cc4ccccc4F)n3)nc(N)c21. The monoisotopic (exact) mass is 516 g/mol. The van der Waals surface area contributed by atoms with Crippen molar-refractivity contribution in [3.8, 4) is 17.3 Å². The molecular formula is C25H18ClFN8O2. The van der Waals surface area contributed by atoms with Crippen LogP contribution in [0.15, 0.2) is 55.1 Å². The van der Waals surface area contributed by atoms with Crippen LogP contribution in [0, 0.1) is 5.82 Å². The molecule has 37 heavy (non-hydrogen) atoms. The number of aromatic nitrogens is 6. The third-order valence-electron chi connectivity index (χ3n) is 6.46. The van der Waals surface area contributed by atoms with Crippen LogP contribution in [0.3, 0.4) is 0 Å². The Hall–Kier alpha value is -4.64. The molecule has 0 saturated carbocycles. The lowest BCUT2D eigenvalue weighted by atomic mass is 9.80. The van der Waals surface area contributed by atoms with E-state index < -0.39 is 11.3 Å². The van der Waals surface area contributed by atoms with E-state index in [0.29, 0.717) is 28.2 Å². The van der Waals surface area contributed by atoms with Gasteiger partial charge in [-0.05, 0) is 18.6 Å². The number of pyridine rings is 1. The third-order valence-corrected chi connectivity index (χ3v) is 6.75. The summed E-state index contributed by atoms with van der Waals surface area (Å²) in [4.78, 5) is 35.4. The van der Waals surface area contributed by atoms with Gasteiger partial charge in [0.2, 0.25) is 5.91 Å². The quantitative estimate of drug-likeness (QED) is 0.329. The van der Waals surface area contributed by atoms with Crippen molar-refractivity contribution in [2.75, 3.05) is 11.1 Å². The van der Waals surface area contributed by atoms with Crippen molar-refractivity contribution in [2.24, 2.45) is 0 Å². The summed E-state index contributed by atoms with van der Waals surface area (Å²) in [6, 6.07) is 7.77. The normalized spacial score (nSPS) is 16.7. The Labute approximate surface area is 214 Å². The number of benzene rings is 1. The molecule has 1 unspecified atom stereocenters. The highest BCUT2D eigenvalue weighted by molar-refractivity contribution is 6.31. The number of rotatable bonds is 4. The lowest BCUT2D eigenvalue weighted by molar-refractivity contribution is -0.119. The molecule has 1 atom stereocenters. The first-order valence-electron chi connectivity index (χ1n) is 11.2. The largest absolute Gasteiger partial charge is 0.506 e. The highest BCUT2D eigenvalue weighted by Gasteiger charge is 2.49. The van der Waals surface area contributed by atoms with E-state index in [1.807, 2.05) is 0 Å². The maximum absolute atomic E-state index is 14.4. The number of hydrogen-bond acceptors (Lipinski definition) is 8. The second-order valence-electron chi connectivity index (χ2n) is 8.76. The van der Waals surface area contributed by atoms with Crippen LogP contribution in [-0.2, 0) is 16.6 Å². The first-order valence-corrected chi connectivity index (χ1v) is 11.5. The van der Waals surface area contributed by atoms with Gasteiger partial charge in [-0.1, -0.05) is 29.8 Å². The number of carbonyl (C=O) groups is 1. The summed E-state index contributed by atoms with van der Waals surface area (Å²) in [7, 11) is 0. The summed E-state index contributed by atoms with van der Waals surface area (Å²) in [6.07, 6.45) is 6.49. The summed E-state index contributed by atoms with van der Waals surface area (Å²) in [5.41, 5.74) is 7.48. The zero-order valence-electron chi connectivity index (χ0n) is 19.3. The lowest BCUT2D eigenvalue weighted by Crippen LogP contribution is -2.33. The van der Waals surface area contributed by atoms with Crippen molar-refractivity contribution < 1.29 is 14.3 Å². The smallest absolute Gasteiger partial charge is 0.242 e. The number of nitrogens with zero attached hydrogens (tertiary/aromatic N) is 6. The first-order chi connectivity index (χ1) is 17.8. The van der Waals surface area contributed by atoms with Gasteiger partial charge in [0.1, 0.15) is 39.3 Å². The number of fused-ring (bicyclic) bond motifs is 2. The summed E-state index contributed by atoms with van der Waals surface area (Å²) in [5, 5.41) is 12.9. The zero-order valence-corrected chi connectivity index (χ0v) is 20.0. The summed E-state index contributed by atoms with van der Waals surface area (Å²) in [6.45, 7) is 1.62. The number of aromatic hydroxyl groups is 1. The highest BCUT2D eigenvalue weighted by Crippen LogP contribution is 2.45. The van der Waals surface area contributed by atoms with Crippen LogP contribution in [-0.4, -0.2) is 40.3 Å². The van der Waals surface area contributed by atoms with Gasteiger partial charge in [-0.25, -0.2) is 24.3 Å². The lowest BCUT2D eigenvalue weighted by Gasteiger charge is -2.22. The van der Waals surface area contributed by atoms with Gasteiger partial charge in [0.05, 0.1) is 17.0 Å². The van der Waals surface area contributed by atoms with Crippen LogP contribution >= 0.6 is 11.6 Å². The summed E-state index contributed by atoms with van der Waals surface area (Å²) >= 11 is 5.90. The second kappa shape index (κ2) is 8.20. The number of nitrogens with one attached hydrogen (secondary N) is 1. The number of nitrogen functional groups attached to an aromatic ring is 1. The van der Waals surface area contributed by atoms with Gasteiger partial charge in [-0.3, -0.25) is 9.78 Å². The molecule has 184 valence electrons. The standard InChI is InChI=1S/C25H18ClFN8O2/c1-25(18-9-17(36)13(26)10-30-18)19-20(28)32-21(33-22(19)34-24(25)37)16-11-35-7-6-29-23(35)15(31-16)8-12-4-2-3-5-14(12)27/h2-7,9-11H,8H2,1H3,(H,30,36)(H3,28,32,33,34,37). The number of imidazole rings is 1. The van der Waals surface area contributed by atoms with Crippen LogP contribution in [0.4, 0.5) is 16.0 Å². The molecule has 4 aromatic heterocycles. The molecule has 5 heterocycles. The Bertz CT molecular complexity index is 1740. The van der Waals surface area contributed by atoms with Crippen LogP contribution in [0.2, 0.25) is 5.02 Å². The number of nitrogens with two attached hydrogens (primary N) is 1. The second-order valence-corrected chi connectivity index (χ2v) is 9.16. The Morgan fingerprint density at radius 1 is 1.22 bits per heavy atom. The van der Waals surface area contributed by atoms with Crippen molar-refractivity contribution in [3.05, 3.63) is 88.5 Å². The fourth-order valence-corrected chi connectivity index (χ4v) is 4.62. The Morgan fingerprint density at radius 2 is 2.03 bits per heavy atom. The van der Waals surface area contributed by atoms with Crippen LogP contribution in [0.5, 0.6) is 5.75 Å². The van der Waals surface area contributed by atoms with Gasteiger partial charge in [0.25, 0.3) is 0 Å². The van der Waals surface area contributed by atoms with E-state index >= 15 is 0 Å². The minimum atomic E-state index is -1.36. The molecule has 6 rings (SSSR count). The van der Waals surface area contributed by atoms with Crippen LogP contribution in [0.25, 0.3) is 17.2 Å². The van der Waals surface area contributed by atoms with E-state index in [9.17, 15) is 14.3 Å². The highest BCUT2D eigenvalue weighted by atomic mass is 35.5. The number of hydrogen-bond donors (Lipinski definition) is 3. The zero-order chi connectivity index (χ0) is 25.9. The van der Waals surface area contributed by atoms with Gasteiger partial charge >= 0.3 is 0 Å². The van der Waals surface area contributed by atoms with Gasteiger partial charge in [-0.15, -0.1) is 0 Å². The van der Waals surface area contributed by atoms with Crippen LogP contribution < -0.4 is 11.1 Å². The number of anilines is 2. The minimum absolute atomic E-state index is 0.0419. The molecule has 4 N–H and O–H groups in total. The maximum atomic E-state index is 14.4. The van der Waals surface area contributed by atoms with Crippen molar-refractivity contribution in [2.45, 2.75) is 18.8 Å². The Balaban J connectivity index is 1.47. The number of amides is 1. The molecule has 0 fully saturated rings. The first kappa shape index (κ1) is 22.8. The van der Waals surface area contributed by atoms with E-state index in [1.165, 1.54) is 18.3 Å². The molecule has 10 nitrogen and oxygen atoms in total. The number of halogens is 2. The molecule has 0 spiro atoms. The van der Waals surface area contributed by atoms with Crippen LogP contribution in [0.1, 0.15) is 29.4 Å². The van der Waals surface area contributed by atoms with Crippen molar-refractivity contribution in [3.63, 3.8) is 0 Å². The molecular weight excluding hydrogens is 499 g/mol. The fourth-order valence-electron chi connectivity index (χ4n) is 4.51. The maximum Gasteiger partial charge on any atom is 0.242 e. The van der Waals surface area contributed by atoms with Crippen molar-refractivity contribution >= 4 is 34.8 Å². The third kappa shape index (κ3) is 3.54. The predicted octanol–water partition coefficient (Wildman–Crippen LogP) is 3.51. The van der Waals surface area contributed by atoms with E-state index in [-0.39, 0.29) is 46.2 Å². The molecule has 0 bridgehead atoms. The molecule has 1 aliphatic heterocycles. The van der Waals surface area contributed by atoms with E-state index in [2.05, 4.69) is 30.2 Å². The molecule has 1 amide bonds. The Morgan fingerprint density at radius 3 is 2.81 bits per heavy atom. The molecule has 0 saturated heterocycles. The Kier molecular flexibility index (Phi) is 5.06.